The van der Waals surface area contributed by atoms with Crippen molar-refractivity contribution in [3.8, 4) is 0 Å². The van der Waals surface area contributed by atoms with Crippen LogP contribution in [0.3, 0.4) is 0 Å². The molecule has 0 nitrogen and oxygen atoms in total. The zero-order valence-electron chi connectivity index (χ0n) is 9.49. The summed E-state index contributed by atoms with van der Waals surface area (Å²) in [6, 6.07) is 10.7. The van der Waals surface area contributed by atoms with Crippen molar-refractivity contribution in [1.82, 2.24) is 0 Å². The number of hydrogen-bond acceptors (Lipinski definition) is 0. The molecule has 0 atom stereocenters. The Morgan fingerprint density at radius 1 is 1.00 bits per heavy atom. The van der Waals surface area contributed by atoms with Gasteiger partial charge in [-0.05, 0) is 30.7 Å². The second-order valence-corrected chi connectivity index (χ2v) is 4.70. The SMILES string of the molecule is [CH](CCC1CCCCC1)c1ccccc1. The fourth-order valence-electron chi connectivity index (χ4n) is 2.55. The first-order valence-corrected chi connectivity index (χ1v) is 6.33. The van der Waals surface area contributed by atoms with Gasteiger partial charge in [-0.25, -0.2) is 0 Å². The maximum absolute atomic E-state index is 2.38. The molecule has 2 rings (SSSR count). The lowest BCUT2D eigenvalue weighted by atomic mass is 9.85. The standard InChI is InChI=1S/C15H21/c1-3-8-14(9-4-1)12-7-13-15-10-5-2-6-11-15/h1,3-4,8-9,12,15H,2,5-7,10-11,13H2. The predicted molar refractivity (Wildman–Crippen MR) is 65.7 cm³/mol. The topological polar surface area (TPSA) is 0 Å². The van der Waals surface area contributed by atoms with Gasteiger partial charge in [0.05, 0.1) is 0 Å². The van der Waals surface area contributed by atoms with Crippen LogP contribution >= 0.6 is 0 Å². The summed E-state index contributed by atoms with van der Waals surface area (Å²) in [6.45, 7) is 0. The maximum Gasteiger partial charge on any atom is -0.00930 e. The molecule has 1 fully saturated rings. The normalized spacial score (nSPS) is 17.9. The van der Waals surface area contributed by atoms with Gasteiger partial charge < -0.3 is 0 Å². The average molecular weight is 201 g/mol. The van der Waals surface area contributed by atoms with E-state index < -0.39 is 0 Å². The molecule has 1 aromatic rings. The van der Waals surface area contributed by atoms with Crippen molar-refractivity contribution in [3.63, 3.8) is 0 Å². The molecule has 1 aliphatic rings. The Bertz CT molecular complexity index is 257. The van der Waals surface area contributed by atoms with E-state index in [0.29, 0.717) is 0 Å². The van der Waals surface area contributed by atoms with Crippen LogP contribution in [0, 0.1) is 12.3 Å². The van der Waals surface area contributed by atoms with Crippen LogP contribution < -0.4 is 0 Å². The van der Waals surface area contributed by atoms with E-state index in [0.717, 1.165) is 5.92 Å². The summed E-state index contributed by atoms with van der Waals surface area (Å²) in [6.07, 6.45) is 12.4. The van der Waals surface area contributed by atoms with Crippen LogP contribution in [0.4, 0.5) is 0 Å². The Labute approximate surface area is 93.7 Å². The fraction of sp³-hybridized carbons (Fsp3) is 0.533. The lowest BCUT2D eigenvalue weighted by Crippen LogP contribution is -2.05. The van der Waals surface area contributed by atoms with Gasteiger partial charge in [0.15, 0.2) is 0 Å². The first-order valence-electron chi connectivity index (χ1n) is 6.33. The second-order valence-electron chi connectivity index (χ2n) is 4.70. The molecule has 15 heavy (non-hydrogen) atoms. The first-order chi connectivity index (χ1) is 7.45. The monoisotopic (exact) mass is 201 g/mol. The van der Waals surface area contributed by atoms with E-state index in [1.54, 1.807) is 0 Å². The molecule has 1 saturated carbocycles. The lowest BCUT2D eigenvalue weighted by Gasteiger charge is -2.21. The van der Waals surface area contributed by atoms with Gasteiger partial charge in [0, 0.05) is 0 Å². The van der Waals surface area contributed by atoms with Crippen molar-refractivity contribution in [2.45, 2.75) is 44.9 Å². The molecule has 0 spiro atoms. The van der Waals surface area contributed by atoms with Crippen LogP contribution in [0.2, 0.25) is 0 Å². The van der Waals surface area contributed by atoms with E-state index in [1.807, 2.05) is 0 Å². The zero-order chi connectivity index (χ0) is 10.3. The van der Waals surface area contributed by atoms with E-state index in [2.05, 4.69) is 36.8 Å². The molecule has 0 saturated heterocycles. The summed E-state index contributed by atoms with van der Waals surface area (Å²) in [4.78, 5) is 0. The third-order valence-corrected chi connectivity index (χ3v) is 3.48. The molecule has 0 aliphatic heterocycles. The second kappa shape index (κ2) is 5.95. The van der Waals surface area contributed by atoms with Crippen LogP contribution in [0.25, 0.3) is 0 Å². The number of benzene rings is 1. The average Bonchev–Trinajstić information content (AvgIpc) is 2.32. The molecule has 1 radical (unpaired) electrons. The number of hydrogen-bond donors (Lipinski definition) is 0. The lowest BCUT2D eigenvalue weighted by molar-refractivity contribution is 0.339. The van der Waals surface area contributed by atoms with Gasteiger partial charge in [0.25, 0.3) is 0 Å². The molecule has 0 heteroatoms. The molecule has 81 valence electrons. The van der Waals surface area contributed by atoms with Crippen molar-refractivity contribution < 1.29 is 0 Å². The summed E-state index contributed by atoms with van der Waals surface area (Å²) in [5.74, 6) is 1.01. The van der Waals surface area contributed by atoms with Gasteiger partial charge in [-0.2, -0.15) is 0 Å². The van der Waals surface area contributed by atoms with Crippen LogP contribution in [0.5, 0.6) is 0 Å². The van der Waals surface area contributed by atoms with Crippen LogP contribution in [-0.4, -0.2) is 0 Å². The molecule has 0 bridgehead atoms. The first kappa shape index (κ1) is 10.7. The Morgan fingerprint density at radius 2 is 1.73 bits per heavy atom. The van der Waals surface area contributed by atoms with Crippen LogP contribution in [0.1, 0.15) is 50.5 Å². The van der Waals surface area contributed by atoms with E-state index in [1.165, 1.54) is 50.5 Å². The van der Waals surface area contributed by atoms with Gasteiger partial charge in [-0.1, -0.05) is 62.4 Å². The van der Waals surface area contributed by atoms with E-state index in [9.17, 15) is 0 Å². The van der Waals surface area contributed by atoms with Crippen molar-refractivity contribution in [1.29, 1.82) is 0 Å². The summed E-state index contributed by atoms with van der Waals surface area (Å²) in [5.41, 5.74) is 1.38. The quantitative estimate of drug-likeness (QED) is 0.668. The van der Waals surface area contributed by atoms with E-state index in [4.69, 9.17) is 0 Å². The maximum atomic E-state index is 2.38. The Balaban J connectivity index is 1.66. The highest BCUT2D eigenvalue weighted by molar-refractivity contribution is 5.22. The zero-order valence-corrected chi connectivity index (χ0v) is 9.49. The molecular weight excluding hydrogens is 180 g/mol. The molecule has 1 aliphatic carbocycles. The molecule has 0 unspecified atom stereocenters. The smallest absolute Gasteiger partial charge is 0.00930 e. The third kappa shape index (κ3) is 3.70. The summed E-state index contributed by atoms with van der Waals surface area (Å²) >= 11 is 0. The van der Waals surface area contributed by atoms with Gasteiger partial charge in [0.1, 0.15) is 0 Å². The molecule has 0 heterocycles. The van der Waals surface area contributed by atoms with Crippen LogP contribution in [-0.2, 0) is 0 Å². The highest BCUT2D eigenvalue weighted by Crippen LogP contribution is 2.28. The third-order valence-electron chi connectivity index (χ3n) is 3.48. The summed E-state index contributed by atoms with van der Waals surface area (Å²) < 4.78 is 0. The predicted octanol–water partition coefficient (Wildman–Crippen LogP) is 4.60. The number of rotatable bonds is 4. The van der Waals surface area contributed by atoms with E-state index in [-0.39, 0.29) is 0 Å². The minimum Gasteiger partial charge on any atom is -0.0622 e. The molecule has 0 aromatic heterocycles. The van der Waals surface area contributed by atoms with Crippen molar-refractivity contribution in [2.75, 3.05) is 0 Å². The summed E-state index contributed by atoms with van der Waals surface area (Å²) in [7, 11) is 0. The van der Waals surface area contributed by atoms with Crippen LogP contribution in [0.15, 0.2) is 30.3 Å². The van der Waals surface area contributed by atoms with Gasteiger partial charge in [0.2, 0.25) is 0 Å². The minimum atomic E-state index is 1.01. The molecule has 1 aromatic carbocycles. The fourth-order valence-corrected chi connectivity index (χ4v) is 2.55. The molecule has 0 N–H and O–H groups in total. The van der Waals surface area contributed by atoms with Gasteiger partial charge in [-0.3, -0.25) is 0 Å². The van der Waals surface area contributed by atoms with Crippen molar-refractivity contribution in [2.24, 2.45) is 5.92 Å². The van der Waals surface area contributed by atoms with E-state index >= 15 is 0 Å². The van der Waals surface area contributed by atoms with Gasteiger partial charge in [-0.15, -0.1) is 0 Å². The van der Waals surface area contributed by atoms with Crippen molar-refractivity contribution >= 4 is 0 Å². The largest absolute Gasteiger partial charge is 0.0622 e. The highest BCUT2D eigenvalue weighted by Gasteiger charge is 2.12. The highest BCUT2D eigenvalue weighted by atomic mass is 14.2. The minimum absolute atomic E-state index is 1.01. The van der Waals surface area contributed by atoms with Crippen molar-refractivity contribution in [3.05, 3.63) is 42.3 Å². The Kier molecular flexibility index (Phi) is 4.25. The molecule has 0 amide bonds. The Morgan fingerprint density at radius 3 is 2.47 bits per heavy atom. The Hall–Kier alpha value is -0.780. The summed E-state index contributed by atoms with van der Waals surface area (Å²) in [5, 5.41) is 0. The van der Waals surface area contributed by atoms with Gasteiger partial charge >= 0.3 is 0 Å². The molecular formula is C15H21.